The predicted molar refractivity (Wildman–Crippen MR) is 129 cm³/mol. The van der Waals surface area contributed by atoms with Crippen LogP contribution >= 0.6 is 0 Å². The van der Waals surface area contributed by atoms with Crippen LogP contribution in [-0.2, 0) is 29.8 Å². The molecule has 3 aromatic rings. The van der Waals surface area contributed by atoms with E-state index in [1.54, 1.807) is 19.2 Å². The zero-order valence-electron chi connectivity index (χ0n) is 19.8. The summed E-state index contributed by atoms with van der Waals surface area (Å²) < 4.78 is 80.2. The van der Waals surface area contributed by atoms with Crippen LogP contribution in [0.3, 0.4) is 0 Å². The smallest absolute Gasteiger partial charge is 0.194 e. The summed E-state index contributed by atoms with van der Waals surface area (Å²) in [5.74, 6) is -4.65. The lowest BCUT2D eigenvalue weighted by atomic mass is 9.91. The molecule has 6 nitrogen and oxygen atoms in total. The van der Waals surface area contributed by atoms with Gasteiger partial charge in [0.05, 0.1) is 10.6 Å². The monoisotopic (exact) mass is 524 g/mol. The molecule has 2 aromatic carbocycles. The van der Waals surface area contributed by atoms with Gasteiger partial charge in [-0.1, -0.05) is 19.1 Å². The molecule has 4 atom stereocenters. The number of anilines is 1. The number of fused-ring (bicyclic) bond motifs is 1. The summed E-state index contributed by atoms with van der Waals surface area (Å²) in [6.07, 6.45) is 2.43. The molecule has 194 valence electrons. The maximum Gasteiger partial charge on any atom is 0.194 e. The molecule has 2 unspecified atom stereocenters. The topological polar surface area (TPSA) is 90.1 Å². The van der Waals surface area contributed by atoms with Crippen LogP contribution in [0, 0.1) is 34.0 Å². The second-order valence-electron chi connectivity index (χ2n) is 9.23. The summed E-state index contributed by atoms with van der Waals surface area (Å²) >= 11 is 0. The third-order valence-electron chi connectivity index (χ3n) is 6.66. The minimum atomic E-state index is -3.42. The van der Waals surface area contributed by atoms with Gasteiger partial charge in [-0.05, 0) is 54.9 Å². The van der Waals surface area contributed by atoms with Crippen molar-refractivity contribution in [3.05, 3.63) is 82.7 Å². The van der Waals surface area contributed by atoms with Crippen LogP contribution in [0.4, 0.5) is 23.2 Å². The SMILES string of the molecule is C[C@@H](CCc1ccc(F)cc1)[C@H]1CCc2c(cn(C)c2C(O)Nc2cc(F)c(F)c(F)c2)S(=N)(=O)N1. The Hall–Kier alpha value is -2.89. The number of hydrogen-bond acceptors (Lipinski definition) is 4. The molecular weight excluding hydrogens is 496 g/mol. The first-order valence-electron chi connectivity index (χ1n) is 11.5. The summed E-state index contributed by atoms with van der Waals surface area (Å²) in [6.45, 7) is 2.00. The number of aliphatic hydroxyl groups excluding tert-OH is 1. The third kappa shape index (κ3) is 5.42. The first kappa shape index (κ1) is 26.2. The predicted octanol–water partition coefficient (Wildman–Crippen LogP) is 5.18. The highest BCUT2D eigenvalue weighted by atomic mass is 32.2. The number of halogens is 4. The Kier molecular flexibility index (Phi) is 7.44. The Bertz CT molecular complexity index is 1340. The van der Waals surface area contributed by atoms with E-state index in [1.807, 2.05) is 6.92 Å². The largest absolute Gasteiger partial charge is 0.368 e. The van der Waals surface area contributed by atoms with Crippen LogP contribution in [0.2, 0.25) is 0 Å². The van der Waals surface area contributed by atoms with E-state index in [9.17, 15) is 26.9 Å². The molecule has 36 heavy (non-hydrogen) atoms. The summed E-state index contributed by atoms with van der Waals surface area (Å²) in [7, 11) is -1.81. The molecule has 0 aliphatic carbocycles. The average Bonchev–Trinajstić information content (AvgIpc) is 3.10. The first-order chi connectivity index (χ1) is 17.0. The van der Waals surface area contributed by atoms with Gasteiger partial charge in [0.25, 0.3) is 0 Å². The van der Waals surface area contributed by atoms with Crippen molar-refractivity contribution in [2.45, 2.75) is 49.8 Å². The number of aromatic nitrogens is 1. The average molecular weight is 525 g/mol. The minimum absolute atomic E-state index is 0.0515. The fourth-order valence-electron chi connectivity index (χ4n) is 4.67. The van der Waals surface area contributed by atoms with Gasteiger partial charge in [-0.25, -0.2) is 31.3 Å². The molecule has 0 radical (unpaired) electrons. The van der Waals surface area contributed by atoms with Crippen LogP contribution in [0.25, 0.3) is 0 Å². The molecule has 1 aromatic heterocycles. The number of aryl methyl sites for hydroxylation is 2. The molecule has 0 bridgehead atoms. The van der Waals surface area contributed by atoms with E-state index in [2.05, 4.69) is 10.0 Å². The van der Waals surface area contributed by atoms with E-state index in [0.717, 1.165) is 24.1 Å². The summed E-state index contributed by atoms with van der Waals surface area (Å²) in [5, 5.41) is 13.4. The number of aliphatic hydroxyl groups is 1. The molecular formula is C25H28F4N4O2S. The molecule has 1 aliphatic rings. The van der Waals surface area contributed by atoms with Gasteiger partial charge in [0, 0.05) is 37.1 Å². The van der Waals surface area contributed by atoms with E-state index in [1.165, 1.54) is 22.9 Å². The zero-order valence-corrected chi connectivity index (χ0v) is 20.6. The van der Waals surface area contributed by atoms with Gasteiger partial charge in [0.1, 0.15) is 15.7 Å². The molecule has 0 saturated heterocycles. The van der Waals surface area contributed by atoms with Gasteiger partial charge in [-0.15, -0.1) is 0 Å². The molecule has 2 heterocycles. The lowest BCUT2D eigenvalue weighted by Crippen LogP contribution is -2.37. The summed E-state index contributed by atoms with van der Waals surface area (Å²) in [6, 6.07) is 7.50. The van der Waals surface area contributed by atoms with Crippen LogP contribution < -0.4 is 10.0 Å². The minimum Gasteiger partial charge on any atom is -0.368 e. The third-order valence-corrected chi connectivity index (χ3v) is 8.27. The van der Waals surface area contributed by atoms with Crippen molar-refractivity contribution in [2.24, 2.45) is 13.0 Å². The Morgan fingerprint density at radius 3 is 2.47 bits per heavy atom. The van der Waals surface area contributed by atoms with Crippen LogP contribution in [0.1, 0.15) is 42.8 Å². The first-order valence-corrected chi connectivity index (χ1v) is 13.1. The highest BCUT2D eigenvalue weighted by Gasteiger charge is 2.32. The van der Waals surface area contributed by atoms with E-state index < -0.39 is 33.6 Å². The van der Waals surface area contributed by atoms with Gasteiger partial charge in [0.15, 0.2) is 23.7 Å². The molecule has 4 N–H and O–H groups in total. The van der Waals surface area contributed by atoms with Crippen molar-refractivity contribution in [3.63, 3.8) is 0 Å². The number of nitrogens with one attached hydrogen (secondary N) is 3. The van der Waals surface area contributed by atoms with Crippen LogP contribution in [0.15, 0.2) is 47.5 Å². The highest BCUT2D eigenvalue weighted by Crippen LogP contribution is 2.33. The van der Waals surface area contributed by atoms with Crippen molar-refractivity contribution >= 4 is 15.6 Å². The lowest BCUT2D eigenvalue weighted by Gasteiger charge is -2.24. The Labute approximate surface area is 207 Å². The fourth-order valence-corrected chi connectivity index (χ4v) is 6.43. The van der Waals surface area contributed by atoms with Crippen molar-refractivity contribution in [1.29, 1.82) is 4.78 Å². The number of benzene rings is 2. The highest BCUT2D eigenvalue weighted by molar-refractivity contribution is 7.90. The molecule has 1 aliphatic heterocycles. The van der Waals surface area contributed by atoms with Crippen LogP contribution in [-0.4, -0.2) is 19.9 Å². The van der Waals surface area contributed by atoms with E-state index >= 15 is 0 Å². The van der Waals surface area contributed by atoms with Gasteiger partial charge < -0.3 is 15.0 Å². The van der Waals surface area contributed by atoms with Gasteiger partial charge in [0.2, 0.25) is 0 Å². The molecule has 4 rings (SSSR count). The van der Waals surface area contributed by atoms with Crippen LogP contribution in [0.5, 0.6) is 0 Å². The van der Waals surface area contributed by atoms with E-state index in [4.69, 9.17) is 4.78 Å². The Balaban J connectivity index is 1.53. The van der Waals surface area contributed by atoms with Crippen molar-refractivity contribution in [3.8, 4) is 0 Å². The number of hydrogen-bond donors (Lipinski definition) is 4. The standard InChI is InChI=1S/C25H28F4N4O2S/c1-14(3-4-15-5-7-16(26)8-6-15)21-10-9-18-22(36(30,35)32-21)13-33(2)24(18)25(34)31-17-11-19(27)23(29)20(28)12-17/h5-8,11-14,21,25,31,34H,3-4,9-10H2,1-2H3,(H2,30,32,35)/t14-,21+,25?,36?/m0/s1. The van der Waals surface area contributed by atoms with Crippen molar-refractivity contribution < 1.29 is 26.9 Å². The fraction of sp³-hybridized carbons (Fsp3) is 0.360. The maximum atomic E-state index is 13.6. The number of rotatable bonds is 7. The molecule has 0 saturated carbocycles. The van der Waals surface area contributed by atoms with Gasteiger partial charge >= 0.3 is 0 Å². The Morgan fingerprint density at radius 1 is 1.19 bits per heavy atom. The molecule has 0 fully saturated rings. The molecule has 11 heteroatoms. The van der Waals surface area contributed by atoms with Gasteiger partial charge in [-0.2, -0.15) is 0 Å². The van der Waals surface area contributed by atoms with Gasteiger partial charge in [-0.3, -0.25) is 0 Å². The summed E-state index contributed by atoms with van der Waals surface area (Å²) in [5.41, 5.74) is 1.63. The lowest BCUT2D eigenvalue weighted by molar-refractivity contribution is 0.198. The van der Waals surface area contributed by atoms with Crippen molar-refractivity contribution in [2.75, 3.05) is 5.32 Å². The maximum absolute atomic E-state index is 13.6. The quantitative estimate of drug-likeness (QED) is 0.195. The molecule has 0 spiro atoms. The second-order valence-corrected chi connectivity index (χ2v) is 11.0. The second kappa shape index (κ2) is 10.2. The number of nitrogens with zero attached hydrogens (tertiary/aromatic N) is 1. The molecule has 0 amide bonds. The normalized spacial score (nSPS) is 21.5. The van der Waals surface area contributed by atoms with E-state index in [0.29, 0.717) is 30.5 Å². The van der Waals surface area contributed by atoms with Crippen molar-refractivity contribution in [1.82, 2.24) is 9.29 Å². The Morgan fingerprint density at radius 2 is 1.83 bits per heavy atom. The zero-order chi connectivity index (χ0) is 26.2. The van der Waals surface area contributed by atoms with E-state index in [-0.39, 0.29) is 28.4 Å². The summed E-state index contributed by atoms with van der Waals surface area (Å²) in [4.78, 5) is 0.241.